The summed E-state index contributed by atoms with van der Waals surface area (Å²) in [5, 5.41) is 11.6. The van der Waals surface area contributed by atoms with Crippen LogP contribution in [0.5, 0.6) is 0 Å². The van der Waals surface area contributed by atoms with E-state index in [4.69, 9.17) is 0 Å². The van der Waals surface area contributed by atoms with Gasteiger partial charge in [-0.2, -0.15) is 0 Å². The topological polar surface area (TPSA) is 30.2 Å². The third-order valence-electron chi connectivity index (χ3n) is 9.49. The highest BCUT2D eigenvalue weighted by Gasteiger charge is 2.46. The summed E-state index contributed by atoms with van der Waals surface area (Å²) >= 11 is 0. The van der Waals surface area contributed by atoms with Gasteiger partial charge in [-0.3, -0.25) is 4.40 Å². The third-order valence-corrected chi connectivity index (χ3v) is 9.49. The van der Waals surface area contributed by atoms with E-state index in [-0.39, 0.29) is 0 Å². The van der Waals surface area contributed by atoms with Crippen LogP contribution in [0.25, 0.3) is 50.1 Å². The molecule has 6 aromatic carbocycles. The van der Waals surface area contributed by atoms with E-state index in [1.807, 2.05) is 13.8 Å². The number of nitrogens with zero attached hydrogens (tertiary/aromatic N) is 3. The summed E-state index contributed by atoms with van der Waals surface area (Å²) < 4.78 is 2.16. The van der Waals surface area contributed by atoms with Crippen LogP contribution in [0, 0.1) is 6.92 Å². The molecule has 0 spiro atoms. The molecular weight excluding hydrogens is 571 g/mol. The van der Waals surface area contributed by atoms with Crippen LogP contribution in [-0.4, -0.2) is 14.6 Å². The molecule has 0 aliphatic heterocycles. The van der Waals surface area contributed by atoms with E-state index in [1.165, 1.54) is 44.5 Å². The zero-order valence-corrected chi connectivity index (χ0v) is 26.9. The number of aryl methyl sites for hydroxylation is 1. The lowest BCUT2D eigenvalue weighted by molar-refractivity contribution is 0.769. The Morgan fingerprint density at radius 2 is 1.06 bits per heavy atom. The first-order valence-electron chi connectivity index (χ1n) is 16.4. The van der Waals surface area contributed by atoms with Crippen molar-refractivity contribution in [3.63, 3.8) is 0 Å². The van der Waals surface area contributed by atoms with Crippen LogP contribution in [0.3, 0.4) is 0 Å². The van der Waals surface area contributed by atoms with Gasteiger partial charge in [-0.15, -0.1) is 10.2 Å². The first-order chi connectivity index (χ1) is 23.2. The number of rotatable bonds is 4. The first-order valence-corrected chi connectivity index (χ1v) is 16.4. The number of hydrogen-bond donors (Lipinski definition) is 0. The second kappa shape index (κ2) is 11.5. The monoisotopic (exact) mass is 605 g/mol. The molecule has 0 atom stereocenters. The lowest BCUT2D eigenvalue weighted by atomic mass is 9.67. The molecule has 0 N–H and O–H groups in total. The van der Waals surface area contributed by atoms with Gasteiger partial charge in [-0.05, 0) is 57.3 Å². The van der Waals surface area contributed by atoms with Crippen LogP contribution in [0.4, 0.5) is 0 Å². The Labute approximate surface area is 275 Å². The Bertz CT molecular complexity index is 2330. The van der Waals surface area contributed by atoms with Crippen LogP contribution in [-0.2, 0) is 5.41 Å². The predicted octanol–water partition coefficient (Wildman–Crippen LogP) is 10.9. The molecule has 226 valence electrons. The second-order valence-electron chi connectivity index (χ2n) is 12.0. The molecule has 0 unspecified atom stereocenters. The smallest absolute Gasteiger partial charge is 0.169 e. The highest BCUT2D eigenvalue weighted by molar-refractivity contribution is 6.04. The molecule has 1 aliphatic carbocycles. The molecule has 47 heavy (non-hydrogen) atoms. The van der Waals surface area contributed by atoms with Crippen LogP contribution in [0.2, 0.25) is 0 Å². The summed E-state index contributed by atoms with van der Waals surface area (Å²) in [4.78, 5) is 0. The summed E-state index contributed by atoms with van der Waals surface area (Å²) in [6, 6.07) is 54.9. The van der Waals surface area contributed by atoms with Crippen molar-refractivity contribution in [2.75, 3.05) is 0 Å². The maximum absolute atomic E-state index is 4.68. The molecule has 0 fully saturated rings. The van der Waals surface area contributed by atoms with Gasteiger partial charge in [0.2, 0.25) is 0 Å². The normalized spacial score (nSPS) is 12.7. The lowest BCUT2D eigenvalue weighted by Crippen LogP contribution is -2.28. The summed E-state index contributed by atoms with van der Waals surface area (Å²) in [5.74, 6) is 0.841. The van der Waals surface area contributed by atoms with Gasteiger partial charge in [0.05, 0.1) is 5.41 Å². The molecule has 1 aliphatic rings. The fourth-order valence-electron chi connectivity index (χ4n) is 7.45. The van der Waals surface area contributed by atoms with Crippen molar-refractivity contribution < 1.29 is 0 Å². The van der Waals surface area contributed by atoms with Crippen molar-refractivity contribution in [2.24, 2.45) is 0 Å². The van der Waals surface area contributed by atoms with Gasteiger partial charge in [0.25, 0.3) is 0 Å². The van der Waals surface area contributed by atoms with Gasteiger partial charge < -0.3 is 0 Å². The van der Waals surface area contributed by atoms with Crippen LogP contribution < -0.4 is 0 Å². The van der Waals surface area contributed by atoms with Gasteiger partial charge in [0.15, 0.2) is 11.5 Å². The van der Waals surface area contributed by atoms with Gasteiger partial charge in [-0.1, -0.05) is 165 Å². The molecule has 0 amide bonds. The highest BCUT2D eigenvalue weighted by Crippen LogP contribution is 2.56. The third kappa shape index (κ3) is 4.34. The average Bonchev–Trinajstić information content (AvgIpc) is 3.71. The van der Waals surface area contributed by atoms with Crippen molar-refractivity contribution in [3.05, 3.63) is 186 Å². The molecule has 0 saturated heterocycles. The average molecular weight is 606 g/mol. The predicted molar refractivity (Wildman–Crippen MR) is 195 cm³/mol. The number of fused-ring (bicyclic) bond motifs is 6. The summed E-state index contributed by atoms with van der Waals surface area (Å²) in [7, 11) is 0. The molecule has 9 rings (SSSR count). The minimum Gasteiger partial charge on any atom is -0.281 e. The Hall–Kier alpha value is -5.80. The lowest BCUT2D eigenvalue weighted by Gasteiger charge is -2.34. The fourth-order valence-corrected chi connectivity index (χ4v) is 7.45. The summed E-state index contributed by atoms with van der Waals surface area (Å²) in [6.45, 7) is 6.11. The van der Waals surface area contributed by atoms with Gasteiger partial charge in [-0.25, -0.2) is 0 Å². The highest BCUT2D eigenvalue weighted by atomic mass is 15.2. The van der Waals surface area contributed by atoms with E-state index in [0.29, 0.717) is 0 Å². The van der Waals surface area contributed by atoms with Crippen LogP contribution in [0.15, 0.2) is 158 Å². The molecule has 3 nitrogen and oxygen atoms in total. The first kappa shape index (κ1) is 28.7. The quantitative estimate of drug-likeness (QED) is 0.200. The summed E-state index contributed by atoms with van der Waals surface area (Å²) in [5.41, 5.74) is 12.7. The minimum atomic E-state index is -0.450. The largest absolute Gasteiger partial charge is 0.281 e. The van der Waals surface area contributed by atoms with E-state index >= 15 is 0 Å². The maximum Gasteiger partial charge on any atom is 0.169 e. The maximum atomic E-state index is 4.68. The Balaban J connectivity index is 0.00000159. The Morgan fingerprint density at radius 3 is 1.77 bits per heavy atom. The Kier molecular flexibility index (Phi) is 7.03. The summed E-state index contributed by atoms with van der Waals surface area (Å²) in [6.07, 6.45) is 2.23. The van der Waals surface area contributed by atoms with E-state index in [0.717, 1.165) is 33.4 Å². The second-order valence-corrected chi connectivity index (χ2v) is 12.0. The SMILES string of the molecule is CC.Cc1ccc(-c2nnc3c4ccccc4c(-c4ccc5c(c4)C(c4ccccc4)(c4ccccc4)c4ccccc4-5)cn23)cc1. The van der Waals surface area contributed by atoms with Crippen molar-refractivity contribution in [2.45, 2.75) is 26.2 Å². The molecule has 0 radical (unpaired) electrons. The molecular formula is C44H35N3. The number of aromatic nitrogens is 3. The van der Waals surface area contributed by atoms with Crippen molar-refractivity contribution in [1.82, 2.24) is 14.6 Å². The van der Waals surface area contributed by atoms with Gasteiger partial charge in [0.1, 0.15) is 0 Å². The zero-order chi connectivity index (χ0) is 32.0. The van der Waals surface area contributed by atoms with E-state index in [9.17, 15) is 0 Å². The Morgan fingerprint density at radius 1 is 0.489 bits per heavy atom. The molecule has 3 heteroatoms. The van der Waals surface area contributed by atoms with Crippen molar-refractivity contribution >= 4 is 16.4 Å². The number of pyridine rings is 1. The van der Waals surface area contributed by atoms with E-state index in [1.54, 1.807) is 0 Å². The fraction of sp³-hybridized carbons (Fsp3) is 0.0909. The molecule has 8 aromatic rings. The van der Waals surface area contributed by atoms with Gasteiger partial charge >= 0.3 is 0 Å². The zero-order valence-electron chi connectivity index (χ0n) is 26.9. The van der Waals surface area contributed by atoms with Crippen molar-refractivity contribution in [3.8, 4) is 33.6 Å². The standard InChI is InChI=1S/C42H29N3.C2H6/c1-28-20-22-29(23-21-28)40-43-44-41-36-18-9-8-16-33(36)37(27-45(40)41)30-24-25-35-34-17-10-11-19-38(34)42(39(35)26-30,31-12-4-2-5-13-31)32-14-6-3-7-15-32;1-2/h2-27H,1H3;1-2H3. The van der Waals surface area contributed by atoms with Crippen LogP contribution in [0.1, 0.15) is 41.7 Å². The van der Waals surface area contributed by atoms with Gasteiger partial charge in [0, 0.05) is 22.7 Å². The van der Waals surface area contributed by atoms with Crippen molar-refractivity contribution in [1.29, 1.82) is 0 Å². The molecule has 0 saturated carbocycles. The molecule has 2 aromatic heterocycles. The van der Waals surface area contributed by atoms with Crippen LogP contribution >= 0.6 is 0 Å². The van der Waals surface area contributed by atoms with E-state index < -0.39 is 5.41 Å². The van der Waals surface area contributed by atoms with E-state index in [2.05, 4.69) is 179 Å². The number of hydrogen-bond acceptors (Lipinski definition) is 2. The molecule has 2 heterocycles. The number of benzene rings is 6. The molecule has 0 bridgehead atoms. The minimum absolute atomic E-state index is 0.450.